The Kier molecular flexibility index (Phi) is 6.04. The van der Waals surface area contributed by atoms with Crippen molar-refractivity contribution in [2.24, 2.45) is 0 Å². The lowest BCUT2D eigenvalue weighted by atomic mass is 10.0. The molecule has 0 radical (unpaired) electrons. The molecule has 1 aliphatic rings. The molecule has 1 unspecified atom stereocenters. The van der Waals surface area contributed by atoms with E-state index in [9.17, 15) is 22.8 Å². The van der Waals surface area contributed by atoms with Crippen molar-refractivity contribution in [2.45, 2.75) is 38.4 Å². The number of nitrogens with zero attached hydrogens (tertiary/aromatic N) is 3. The van der Waals surface area contributed by atoms with E-state index in [0.29, 0.717) is 24.3 Å². The number of hydrogen-bond donors (Lipinski definition) is 2. The SMILES string of the molecule is CC(=O)NCC1CCCCN1C(=O)Nc1ccc(-c2noc(C(F)(F)F)n2)cc1. The number of piperidine rings is 1. The fraction of sp³-hybridized carbons (Fsp3) is 0.444. The first kappa shape index (κ1) is 20.6. The van der Waals surface area contributed by atoms with Gasteiger partial charge in [0.1, 0.15) is 0 Å². The lowest BCUT2D eigenvalue weighted by Gasteiger charge is -2.35. The lowest BCUT2D eigenvalue weighted by molar-refractivity contribution is -0.159. The second-order valence-electron chi connectivity index (χ2n) is 6.71. The van der Waals surface area contributed by atoms with Gasteiger partial charge >= 0.3 is 18.1 Å². The van der Waals surface area contributed by atoms with E-state index in [0.717, 1.165) is 19.3 Å². The fourth-order valence-electron chi connectivity index (χ4n) is 3.10. The zero-order valence-corrected chi connectivity index (χ0v) is 15.6. The van der Waals surface area contributed by atoms with Gasteiger partial charge in [0.15, 0.2) is 0 Å². The third kappa shape index (κ3) is 5.24. The molecular weight excluding hydrogens is 391 g/mol. The molecule has 8 nitrogen and oxygen atoms in total. The molecule has 1 aliphatic heterocycles. The van der Waals surface area contributed by atoms with Crippen molar-refractivity contribution < 1.29 is 27.3 Å². The van der Waals surface area contributed by atoms with Crippen LogP contribution in [0, 0.1) is 0 Å². The standard InChI is InChI=1S/C18H20F3N5O3/c1-11(27)22-10-14-4-2-3-9-26(14)17(28)23-13-7-5-12(6-8-13)15-24-16(29-25-15)18(19,20)21/h5-8,14H,2-4,9-10H2,1H3,(H,22,27)(H,23,28). The highest BCUT2D eigenvalue weighted by Crippen LogP contribution is 2.29. The van der Waals surface area contributed by atoms with Crippen LogP contribution in [-0.2, 0) is 11.0 Å². The number of likely N-dealkylation sites (tertiary alicyclic amines) is 1. The molecule has 0 aliphatic carbocycles. The first-order chi connectivity index (χ1) is 13.7. The van der Waals surface area contributed by atoms with Gasteiger partial charge in [-0.15, -0.1) is 0 Å². The van der Waals surface area contributed by atoms with Crippen molar-refractivity contribution in [3.8, 4) is 11.4 Å². The van der Waals surface area contributed by atoms with Crippen molar-refractivity contribution in [1.29, 1.82) is 0 Å². The summed E-state index contributed by atoms with van der Waals surface area (Å²) >= 11 is 0. The summed E-state index contributed by atoms with van der Waals surface area (Å²) in [5, 5.41) is 8.83. The molecule has 0 bridgehead atoms. The van der Waals surface area contributed by atoms with E-state index in [2.05, 4.69) is 25.3 Å². The minimum Gasteiger partial charge on any atom is -0.354 e. The molecule has 2 heterocycles. The van der Waals surface area contributed by atoms with Gasteiger partial charge in [-0.3, -0.25) is 4.79 Å². The molecule has 2 N–H and O–H groups in total. The number of aromatic nitrogens is 2. The summed E-state index contributed by atoms with van der Waals surface area (Å²) in [6.07, 6.45) is -2.05. The normalized spacial score (nSPS) is 17.1. The first-order valence-corrected chi connectivity index (χ1v) is 9.07. The average Bonchev–Trinajstić information content (AvgIpc) is 3.18. The largest absolute Gasteiger partial charge is 0.471 e. The minimum absolute atomic E-state index is 0.0907. The van der Waals surface area contributed by atoms with Gasteiger partial charge in [-0.2, -0.15) is 18.2 Å². The van der Waals surface area contributed by atoms with Crippen molar-refractivity contribution >= 4 is 17.6 Å². The Morgan fingerprint density at radius 3 is 2.59 bits per heavy atom. The summed E-state index contributed by atoms with van der Waals surface area (Å²) in [6.45, 7) is 2.40. The maximum absolute atomic E-state index is 12.6. The van der Waals surface area contributed by atoms with Gasteiger partial charge in [0.05, 0.1) is 6.04 Å². The third-order valence-electron chi connectivity index (χ3n) is 4.54. The van der Waals surface area contributed by atoms with Crippen molar-refractivity contribution in [3.63, 3.8) is 0 Å². The number of carbonyl (C=O) groups is 2. The summed E-state index contributed by atoms with van der Waals surface area (Å²) in [5.41, 5.74) is 0.797. The second-order valence-corrected chi connectivity index (χ2v) is 6.71. The zero-order chi connectivity index (χ0) is 21.0. The van der Waals surface area contributed by atoms with Crippen LogP contribution in [0.2, 0.25) is 0 Å². The Balaban J connectivity index is 1.64. The molecule has 29 heavy (non-hydrogen) atoms. The molecule has 2 aromatic rings. The minimum atomic E-state index is -4.71. The molecule has 3 amide bonds. The van der Waals surface area contributed by atoms with Gasteiger partial charge in [-0.25, -0.2) is 4.79 Å². The maximum atomic E-state index is 12.6. The summed E-state index contributed by atoms with van der Waals surface area (Å²) < 4.78 is 41.9. The number of carbonyl (C=O) groups excluding carboxylic acids is 2. The quantitative estimate of drug-likeness (QED) is 0.804. The molecule has 11 heteroatoms. The number of nitrogens with one attached hydrogen (secondary N) is 2. The predicted molar refractivity (Wildman–Crippen MR) is 96.8 cm³/mol. The fourth-order valence-corrected chi connectivity index (χ4v) is 3.10. The van der Waals surface area contributed by atoms with Crippen LogP contribution in [-0.4, -0.2) is 46.1 Å². The number of halogens is 3. The van der Waals surface area contributed by atoms with E-state index in [1.54, 1.807) is 17.0 Å². The monoisotopic (exact) mass is 411 g/mol. The molecule has 1 aromatic heterocycles. The molecule has 0 spiro atoms. The van der Waals surface area contributed by atoms with Crippen molar-refractivity contribution in [1.82, 2.24) is 20.4 Å². The second kappa shape index (κ2) is 8.50. The Morgan fingerprint density at radius 1 is 1.24 bits per heavy atom. The van der Waals surface area contributed by atoms with Crippen LogP contribution in [0.3, 0.4) is 0 Å². The van der Waals surface area contributed by atoms with Crippen LogP contribution in [0.4, 0.5) is 23.7 Å². The number of urea groups is 1. The van der Waals surface area contributed by atoms with Crippen LogP contribution in [0.15, 0.2) is 28.8 Å². The molecule has 156 valence electrons. The van der Waals surface area contributed by atoms with Crippen LogP contribution < -0.4 is 10.6 Å². The average molecular weight is 411 g/mol. The van der Waals surface area contributed by atoms with Crippen LogP contribution in [0.25, 0.3) is 11.4 Å². The van der Waals surface area contributed by atoms with Crippen LogP contribution in [0.5, 0.6) is 0 Å². The number of amides is 3. The number of rotatable bonds is 4. The van der Waals surface area contributed by atoms with Crippen molar-refractivity contribution in [2.75, 3.05) is 18.4 Å². The number of alkyl halides is 3. The van der Waals surface area contributed by atoms with E-state index >= 15 is 0 Å². The summed E-state index contributed by atoms with van der Waals surface area (Å²) in [6, 6.07) is 5.68. The number of anilines is 1. The highest BCUT2D eigenvalue weighted by Gasteiger charge is 2.38. The van der Waals surface area contributed by atoms with Gasteiger partial charge in [-0.1, -0.05) is 5.16 Å². The Labute approximate surface area is 164 Å². The van der Waals surface area contributed by atoms with Gasteiger partial charge in [-0.05, 0) is 43.5 Å². The van der Waals surface area contributed by atoms with Crippen LogP contribution >= 0.6 is 0 Å². The third-order valence-corrected chi connectivity index (χ3v) is 4.54. The number of benzene rings is 1. The van der Waals surface area contributed by atoms with Gasteiger partial charge < -0.3 is 20.1 Å². The Bertz CT molecular complexity index is 866. The van der Waals surface area contributed by atoms with Gasteiger partial charge in [0.25, 0.3) is 0 Å². The lowest BCUT2D eigenvalue weighted by Crippen LogP contribution is -2.50. The van der Waals surface area contributed by atoms with Gasteiger partial charge in [0, 0.05) is 31.3 Å². The van der Waals surface area contributed by atoms with E-state index in [1.807, 2.05) is 0 Å². The van der Waals surface area contributed by atoms with Crippen molar-refractivity contribution in [3.05, 3.63) is 30.2 Å². The van der Waals surface area contributed by atoms with E-state index in [-0.39, 0.29) is 23.8 Å². The molecule has 1 fully saturated rings. The van der Waals surface area contributed by atoms with Crippen LogP contribution in [0.1, 0.15) is 32.1 Å². The molecule has 3 rings (SSSR count). The summed E-state index contributed by atoms with van der Waals surface area (Å²) in [7, 11) is 0. The smallest absolute Gasteiger partial charge is 0.354 e. The molecule has 1 atom stereocenters. The summed E-state index contributed by atoms with van der Waals surface area (Å²) in [5.74, 6) is -1.76. The van der Waals surface area contributed by atoms with E-state index < -0.39 is 12.1 Å². The molecule has 1 saturated heterocycles. The topological polar surface area (TPSA) is 100 Å². The maximum Gasteiger partial charge on any atom is 0.471 e. The molecular formula is C18H20F3N5O3. The van der Waals surface area contributed by atoms with E-state index in [1.165, 1.54) is 19.1 Å². The first-order valence-electron chi connectivity index (χ1n) is 9.07. The van der Waals surface area contributed by atoms with E-state index in [4.69, 9.17) is 0 Å². The predicted octanol–water partition coefficient (Wildman–Crippen LogP) is 3.28. The Hall–Kier alpha value is -3.11. The summed E-state index contributed by atoms with van der Waals surface area (Å²) in [4.78, 5) is 28.8. The molecule has 0 saturated carbocycles. The Morgan fingerprint density at radius 2 is 1.97 bits per heavy atom. The van der Waals surface area contributed by atoms with Gasteiger partial charge in [0.2, 0.25) is 11.7 Å². The molecule has 1 aromatic carbocycles. The zero-order valence-electron chi connectivity index (χ0n) is 15.6. The number of hydrogen-bond acceptors (Lipinski definition) is 5. The highest BCUT2D eigenvalue weighted by molar-refractivity contribution is 5.90. The highest BCUT2D eigenvalue weighted by atomic mass is 19.4.